The molecule has 0 fully saturated rings. The lowest BCUT2D eigenvalue weighted by Gasteiger charge is -2.30. The van der Waals surface area contributed by atoms with E-state index in [0.29, 0.717) is 0 Å². The van der Waals surface area contributed by atoms with Crippen LogP contribution >= 0.6 is 0 Å². The Labute approximate surface area is 128 Å². The van der Waals surface area contributed by atoms with Crippen LogP contribution in [-0.2, 0) is 19.9 Å². The molecule has 0 heterocycles. The summed E-state index contributed by atoms with van der Waals surface area (Å²) >= 11 is 0. The summed E-state index contributed by atoms with van der Waals surface area (Å²) in [5.74, 6) is -1.91. The minimum atomic E-state index is -1.20. The zero-order valence-electron chi connectivity index (χ0n) is 12.1. The summed E-state index contributed by atoms with van der Waals surface area (Å²) < 4.78 is 5.57. The van der Waals surface area contributed by atoms with Crippen LogP contribution in [0.3, 0.4) is 0 Å². The van der Waals surface area contributed by atoms with Crippen LogP contribution in [0.5, 0.6) is 0 Å². The number of hydrogen-bond donors (Lipinski definition) is 1. The van der Waals surface area contributed by atoms with Crippen LogP contribution in [0.2, 0.25) is 0 Å². The number of hydrogen-bond acceptors (Lipinski definition) is 3. The van der Waals surface area contributed by atoms with Crippen LogP contribution < -0.4 is 0 Å². The van der Waals surface area contributed by atoms with Gasteiger partial charge in [-0.15, -0.1) is 0 Å². The van der Waals surface area contributed by atoms with Crippen molar-refractivity contribution in [2.45, 2.75) is 12.5 Å². The molecule has 1 N–H and O–H groups in total. The van der Waals surface area contributed by atoms with Gasteiger partial charge in [-0.2, -0.15) is 0 Å². The molecular weight excluding hydrogens is 280 g/mol. The number of rotatable bonds is 5. The fourth-order valence-electron chi connectivity index (χ4n) is 2.17. The van der Waals surface area contributed by atoms with Gasteiger partial charge < -0.3 is 9.84 Å². The van der Waals surface area contributed by atoms with Crippen LogP contribution in [-0.4, -0.2) is 17.0 Å². The van der Waals surface area contributed by atoms with Crippen LogP contribution in [0.1, 0.15) is 18.1 Å². The van der Waals surface area contributed by atoms with Gasteiger partial charge in [-0.05, 0) is 18.1 Å². The minimum absolute atomic E-state index is 0.711. The first-order valence-electron chi connectivity index (χ1n) is 6.77. The highest BCUT2D eigenvalue weighted by Gasteiger charge is 2.32. The largest absolute Gasteiger partial charge is 0.478 e. The Morgan fingerprint density at radius 2 is 1.36 bits per heavy atom. The second kappa shape index (κ2) is 6.72. The SMILES string of the molecule is CC(OC(=O)/C=C/C(=O)O)(c1ccccc1)c1ccccc1. The highest BCUT2D eigenvalue weighted by atomic mass is 16.6. The fourth-order valence-corrected chi connectivity index (χ4v) is 2.17. The molecule has 2 rings (SSSR count). The van der Waals surface area contributed by atoms with Crippen molar-refractivity contribution in [3.8, 4) is 0 Å². The molecule has 0 spiro atoms. The Morgan fingerprint density at radius 3 is 1.77 bits per heavy atom. The molecule has 0 saturated heterocycles. The molecule has 0 aromatic heterocycles. The molecule has 0 aliphatic carbocycles. The standard InChI is InChI=1S/C18H16O4/c1-18(14-8-4-2-5-9-14,15-10-6-3-7-11-15)22-17(21)13-12-16(19)20/h2-13H,1H3,(H,19,20)/b13-12+. The maximum absolute atomic E-state index is 11.9. The van der Waals surface area contributed by atoms with E-state index in [-0.39, 0.29) is 0 Å². The molecule has 4 nitrogen and oxygen atoms in total. The quantitative estimate of drug-likeness (QED) is 0.680. The predicted octanol–water partition coefficient (Wildman–Crippen LogP) is 3.13. The Kier molecular flexibility index (Phi) is 4.73. The molecule has 0 saturated carbocycles. The topological polar surface area (TPSA) is 63.6 Å². The lowest BCUT2D eigenvalue weighted by atomic mass is 9.88. The van der Waals surface area contributed by atoms with Gasteiger partial charge in [-0.3, -0.25) is 0 Å². The van der Waals surface area contributed by atoms with Crippen LogP contribution in [0.4, 0.5) is 0 Å². The molecule has 2 aromatic rings. The van der Waals surface area contributed by atoms with Gasteiger partial charge in [0.1, 0.15) is 0 Å². The average molecular weight is 296 g/mol. The van der Waals surface area contributed by atoms with Crippen molar-refractivity contribution >= 4 is 11.9 Å². The first kappa shape index (κ1) is 15.5. The number of ether oxygens (including phenoxy) is 1. The molecule has 0 radical (unpaired) electrons. The van der Waals surface area contributed by atoms with Gasteiger partial charge in [0.05, 0.1) is 0 Å². The summed E-state index contributed by atoms with van der Waals surface area (Å²) in [5, 5.41) is 8.60. The molecule has 0 amide bonds. The number of benzene rings is 2. The number of esters is 1. The van der Waals surface area contributed by atoms with Crippen molar-refractivity contribution in [3.05, 3.63) is 83.9 Å². The van der Waals surface area contributed by atoms with Gasteiger partial charge in [-0.25, -0.2) is 9.59 Å². The van der Waals surface area contributed by atoms with Gasteiger partial charge in [0.15, 0.2) is 5.60 Å². The Balaban J connectivity index is 2.39. The van der Waals surface area contributed by atoms with Gasteiger partial charge >= 0.3 is 11.9 Å². The Morgan fingerprint density at radius 1 is 0.909 bits per heavy atom. The molecular formula is C18H16O4. The lowest BCUT2D eigenvalue weighted by Crippen LogP contribution is -2.30. The third-order valence-corrected chi connectivity index (χ3v) is 3.32. The van der Waals surface area contributed by atoms with E-state index in [9.17, 15) is 9.59 Å². The number of carbonyl (C=O) groups excluding carboxylic acids is 1. The molecule has 22 heavy (non-hydrogen) atoms. The maximum atomic E-state index is 11.9. The minimum Gasteiger partial charge on any atom is -0.478 e. The molecule has 4 heteroatoms. The van der Waals surface area contributed by atoms with Crippen molar-refractivity contribution < 1.29 is 19.4 Å². The van der Waals surface area contributed by atoms with Crippen LogP contribution in [0, 0.1) is 0 Å². The Bertz CT molecular complexity index is 635. The van der Waals surface area contributed by atoms with Crippen molar-refractivity contribution in [1.29, 1.82) is 0 Å². The highest BCUT2D eigenvalue weighted by Crippen LogP contribution is 2.33. The molecule has 0 bridgehead atoms. The highest BCUT2D eigenvalue weighted by molar-refractivity contribution is 5.91. The van der Waals surface area contributed by atoms with E-state index in [1.54, 1.807) is 6.92 Å². The van der Waals surface area contributed by atoms with Crippen LogP contribution in [0.25, 0.3) is 0 Å². The van der Waals surface area contributed by atoms with Crippen molar-refractivity contribution in [1.82, 2.24) is 0 Å². The van der Waals surface area contributed by atoms with E-state index in [1.165, 1.54) is 0 Å². The van der Waals surface area contributed by atoms with Gasteiger partial charge in [0, 0.05) is 12.2 Å². The van der Waals surface area contributed by atoms with Gasteiger partial charge in [-0.1, -0.05) is 60.7 Å². The summed E-state index contributed by atoms with van der Waals surface area (Å²) in [4.78, 5) is 22.5. The van der Waals surface area contributed by atoms with E-state index >= 15 is 0 Å². The van der Waals surface area contributed by atoms with Gasteiger partial charge in [0.25, 0.3) is 0 Å². The molecule has 0 aliphatic rings. The Hall–Kier alpha value is -2.88. The normalized spacial score (nSPS) is 11.3. The molecule has 112 valence electrons. The summed E-state index contributed by atoms with van der Waals surface area (Å²) in [6.45, 7) is 1.78. The second-order valence-corrected chi connectivity index (χ2v) is 4.86. The first-order chi connectivity index (χ1) is 10.5. The van der Waals surface area contributed by atoms with E-state index < -0.39 is 17.5 Å². The smallest absolute Gasteiger partial charge is 0.332 e. The number of carboxylic acids is 1. The van der Waals surface area contributed by atoms with E-state index in [4.69, 9.17) is 9.84 Å². The second-order valence-electron chi connectivity index (χ2n) is 4.86. The third kappa shape index (κ3) is 3.61. The van der Waals surface area contributed by atoms with E-state index in [0.717, 1.165) is 23.3 Å². The fraction of sp³-hybridized carbons (Fsp3) is 0.111. The van der Waals surface area contributed by atoms with Crippen molar-refractivity contribution in [2.24, 2.45) is 0 Å². The van der Waals surface area contributed by atoms with Crippen molar-refractivity contribution in [3.63, 3.8) is 0 Å². The summed E-state index contributed by atoms with van der Waals surface area (Å²) in [5.41, 5.74) is 0.610. The maximum Gasteiger partial charge on any atom is 0.332 e. The molecule has 2 aromatic carbocycles. The van der Waals surface area contributed by atoms with Crippen molar-refractivity contribution in [2.75, 3.05) is 0 Å². The van der Waals surface area contributed by atoms with Gasteiger partial charge in [0.2, 0.25) is 0 Å². The zero-order valence-corrected chi connectivity index (χ0v) is 12.1. The summed E-state index contributed by atoms with van der Waals surface area (Å²) in [6, 6.07) is 18.6. The summed E-state index contributed by atoms with van der Waals surface area (Å²) in [7, 11) is 0. The number of aliphatic carboxylic acids is 1. The lowest BCUT2D eigenvalue weighted by molar-refractivity contribution is -0.149. The molecule has 0 atom stereocenters. The monoisotopic (exact) mass is 296 g/mol. The first-order valence-corrected chi connectivity index (χ1v) is 6.77. The molecule has 0 aliphatic heterocycles. The van der Waals surface area contributed by atoms with Crippen LogP contribution in [0.15, 0.2) is 72.8 Å². The molecule has 0 unspecified atom stereocenters. The predicted molar refractivity (Wildman–Crippen MR) is 82.2 cm³/mol. The van der Waals surface area contributed by atoms with E-state index in [1.807, 2.05) is 60.7 Å². The van der Waals surface area contributed by atoms with E-state index in [2.05, 4.69) is 0 Å². The zero-order chi connectivity index (χ0) is 16.0. The average Bonchev–Trinajstić information content (AvgIpc) is 2.54. The third-order valence-electron chi connectivity index (χ3n) is 3.32. The number of carboxylic acid groups (broad SMARTS) is 1. The summed E-state index contributed by atoms with van der Waals surface area (Å²) in [6.07, 6.45) is 1.67. The number of carbonyl (C=O) groups is 2.